The highest BCUT2D eigenvalue weighted by atomic mass is 19.4. The third kappa shape index (κ3) is 4.83. The van der Waals surface area contributed by atoms with Gasteiger partial charge in [0.15, 0.2) is 0 Å². The number of fused-ring (bicyclic) bond motifs is 1. The average Bonchev–Trinajstić information content (AvgIpc) is 3.50. The summed E-state index contributed by atoms with van der Waals surface area (Å²) in [6, 6.07) is 17.6. The first kappa shape index (κ1) is 23.3. The van der Waals surface area contributed by atoms with E-state index in [2.05, 4.69) is 15.2 Å². The highest BCUT2D eigenvalue weighted by molar-refractivity contribution is 5.83. The molecule has 0 aliphatic carbocycles. The molecule has 0 atom stereocenters. The largest absolute Gasteiger partial charge is 0.481 e. The molecule has 10 heteroatoms. The zero-order valence-electron chi connectivity index (χ0n) is 18.7. The molecule has 3 aromatic carbocycles. The molecule has 5 aromatic rings. The Hall–Kier alpha value is -4.47. The molecule has 5 rings (SSSR count). The van der Waals surface area contributed by atoms with Gasteiger partial charge in [0.2, 0.25) is 5.82 Å². The van der Waals surface area contributed by atoms with Crippen molar-refractivity contribution < 1.29 is 27.6 Å². The molecular weight excluding hydrogens is 473 g/mol. The van der Waals surface area contributed by atoms with Crippen LogP contribution in [0, 0.1) is 0 Å². The predicted octanol–water partition coefficient (Wildman–Crippen LogP) is 6.30. The molecule has 1 N–H and O–H groups in total. The molecule has 7 nitrogen and oxygen atoms in total. The zero-order valence-corrected chi connectivity index (χ0v) is 18.7. The number of nitrogens with zero attached hydrogens (tertiary/aromatic N) is 4. The van der Waals surface area contributed by atoms with E-state index in [9.17, 15) is 18.0 Å². The Labute approximate surface area is 202 Å². The molecule has 2 heterocycles. The molecule has 0 unspecified atom stereocenters. The first-order valence-corrected chi connectivity index (χ1v) is 11.1. The summed E-state index contributed by atoms with van der Waals surface area (Å²) in [5, 5.41) is 18.0. The van der Waals surface area contributed by atoms with Gasteiger partial charge < -0.3 is 9.63 Å². The Morgan fingerprint density at radius 3 is 2.50 bits per heavy atom. The summed E-state index contributed by atoms with van der Waals surface area (Å²) < 4.78 is 48.6. The Morgan fingerprint density at radius 1 is 0.972 bits per heavy atom. The molecule has 0 aliphatic rings. The third-order valence-corrected chi connectivity index (χ3v) is 5.67. The van der Waals surface area contributed by atoms with E-state index >= 15 is 0 Å². The lowest BCUT2D eigenvalue weighted by Crippen LogP contribution is -2.07. The summed E-state index contributed by atoms with van der Waals surface area (Å²) in [6.07, 6.45) is -2.28. The number of alkyl halides is 3. The smallest absolute Gasteiger partial charge is 0.417 e. The lowest BCUT2D eigenvalue weighted by Gasteiger charge is -2.14. The minimum atomic E-state index is -4.57. The van der Waals surface area contributed by atoms with Gasteiger partial charge in [-0.1, -0.05) is 41.6 Å². The molecule has 0 amide bonds. The number of aryl methyl sites for hydroxylation is 1. The molecule has 2 aromatic heterocycles. The number of hydrogen-bond acceptors (Lipinski definition) is 5. The van der Waals surface area contributed by atoms with E-state index < -0.39 is 17.7 Å². The van der Waals surface area contributed by atoms with E-state index in [4.69, 9.17) is 9.63 Å². The summed E-state index contributed by atoms with van der Waals surface area (Å²) in [5.41, 5.74) is 1.22. The molecule has 0 bridgehead atoms. The fourth-order valence-corrected chi connectivity index (χ4v) is 3.96. The fraction of sp³-hybridized carbons (Fsp3) is 0.154. The normalized spacial score (nSPS) is 11.8. The Bertz CT molecular complexity index is 1540. The van der Waals surface area contributed by atoms with Crippen LogP contribution in [0.15, 0.2) is 77.4 Å². The number of halogens is 3. The van der Waals surface area contributed by atoms with Crippen LogP contribution >= 0.6 is 0 Å². The van der Waals surface area contributed by atoms with Crippen LogP contribution in [-0.2, 0) is 17.5 Å². The second-order valence-corrected chi connectivity index (χ2v) is 8.21. The number of hydrogen-bond donors (Lipinski definition) is 1. The van der Waals surface area contributed by atoms with Crippen molar-refractivity contribution in [2.45, 2.75) is 25.6 Å². The molecule has 182 valence electrons. The molecule has 0 saturated carbocycles. The van der Waals surface area contributed by atoms with Crippen molar-refractivity contribution in [3.8, 4) is 34.0 Å². The molecule has 36 heavy (non-hydrogen) atoms. The lowest BCUT2D eigenvalue weighted by atomic mass is 9.97. The number of carboxylic acid groups (broad SMARTS) is 1. The van der Waals surface area contributed by atoms with Crippen LogP contribution in [0.1, 0.15) is 18.4 Å². The number of carbonyl (C=O) groups is 1. The van der Waals surface area contributed by atoms with Crippen molar-refractivity contribution >= 4 is 16.9 Å². The molecular formula is C26H19F3N4O3. The monoisotopic (exact) mass is 492 g/mol. The van der Waals surface area contributed by atoms with Crippen LogP contribution in [-0.4, -0.2) is 31.0 Å². The zero-order chi connectivity index (χ0) is 25.3. The van der Waals surface area contributed by atoms with Crippen LogP contribution in [0.2, 0.25) is 0 Å². The van der Waals surface area contributed by atoms with Gasteiger partial charge in [0.05, 0.1) is 11.1 Å². The first-order valence-electron chi connectivity index (χ1n) is 11.1. The number of benzene rings is 3. The Balaban J connectivity index is 1.44. The molecule has 0 fully saturated rings. The third-order valence-electron chi connectivity index (χ3n) is 5.67. The maximum Gasteiger partial charge on any atom is 0.417 e. The summed E-state index contributed by atoms with van der Waals surface area (Å²) >= 11 is 0. The first-order chi connectivity index (χ1) is 17.3. The Morgan fingerprint density at radius 2 is 1.75 bits per heavy atom. The van der Waals surface area contributed by atoms with Gasteiger partial charge in [-0.2, -0.15) is 23.3 Å². The van der Waals surface area contributed by atoms with Crippen molar-refractivity contribution in [1.29, 1.82) is 0 Å². The molecule has 0 aliphatic heterocycles. The molecule has 0 saturated heterocycles. The van der Waals surface area contributed by atoms with Gasteiger partial charge in [0, 0.05) is 35.7 Å². The van der Waals surface area contributed by atoms with Crippen LogP contribution in [0.3, 0.4) is 0 Å². The van der Waals surface area contributed by atoms with Crippen molar-refractivity contribution in [2.75, 3.05) is 0 Å². The summed E-state index contributed by atoms with van der Waals surface area (Å²) in [7, 11) is 0. The van der Waals surface area contributed by atoms with Crippen LogP contribution in [0.25, 0.3) is 44.9 Å². The number of rotatable bonds is 7. The average molecular weight is 492 g/mol. The fourth-order valence-electron chi connectivity index (χ4n) is 3.96. The van der Waals surface area contributed by atoms with Crippen LogP contribution in [0.5, 0.6) is 0 Å². The highest BCUT2D eigenvalue weighted by Gasteiger charge is 2.34. The summed E-state index contributed by atoms with van der Waals surface area (Å²) in [6.45, 7) is 0.461. The van der Waals surface area contributed by atoms with E-state index in [1.54, 1.807) is 59.4 Å². The van der Waals surface area contributed by atoms with Gasteiger partial charge >= 0.3 is 12.1 Å². The van der Waals surface area contributed by atoms with E-state index in [0.29, 0.717) is 29.6 Å². The van der Waals surface area contributed by atoms with Crippen molar-refractivity contribution in [2.24, 2.45) is 0 Å². The number of aliphatic carboxylic acids is 1. The topological polar surface area (TPSA) is 94.0 Å². The quantitative estimate of drug-likeness (QED) is 0.286. The number of carboxylic acids is 1. The van der Waals surface area contributed by atoms with Gasteiger partial charge in [-0.05, 0) is 47.9 Å². The lowest BCUT2D eigenvalue weighted by molar-refractivity contribution is -0.138. The van der Waals surface area contributed by atoms with Crippen LogP contribution < -0.4 is 0 Å². The van der Waals surface area contributed by atoms with E-state index in [1.165, 1.54) is 12.1 Å². The van der Waals surface area contributed by atoms with Gasteiger partial charge in [0.25, 0.3) is 5.89 Å². The van der Waals surface area contributed by atoms with E-state index in [1.807, 2.05) is 0 Å². The minimum Gasteiger partial charge on any atom is -0.481 e. The van der Waals surface area contributed by atoms with Crippen molar-refractivity contribution in [1.82, 2.24) is 19.9 Å². The van der Waals surface area contributed by atoms with Gasteiger partial charge in [0.1, 0.15) is 0 Å². The predicted molar refractivity (Wildman–Crippen MR) is 126 cm³/mol. The molecule has 0 spiro atoms. The summed E-state index contributed by atoms with van der Waals surface area (Å²) in [4.78, 5) is 15.0. The van der Waals surface area contributed by atoms with Crippen molar-refractivity contribution in [3.05, 3.63) is 78.5 Å². The SMILES string of the molecule is O=C(O)CCCn1cc2cc(-c3noc(-c4ccc(-c5ccccc5)c(C(F)(F)F)c4)n3)ccc2n1. The Kier molecular flexibility index (Phi) is 6.01. The van der Waals surface area contributed by atoms with Crippen molar-refractivity contribution in [3.63, 3.8) is 0 Å². The second kappa shape index (κ2) is 9.29. The number of aromatic nitrogens is 4. The highest BCUT2D eigenvalue weighted by Crippen LogP contribution is 2.39. The van der Waals surface area contributed by atoms with Gasteiger partial charge in [-0.3, -0.25) is 9.48 Å². The summed E-state index contributed by atoms with van der Waals surface area (Å²) in [5.74, 6) is -0.662. The second-order valence-electron chi connectivity index (χ2n) is 8.21. The standard InChI is InChI=1S/C26H19F3N4O3/c27-26(28,29)21-14-18(8-10-20(21)16-5-2-1-3-6-16)25-30-24(32-36-25)17-9-11-22-19(13-17)15-33(31-22)12-4-7-23(34)35/h1-3,5-6,8-11,13-15H,4,7,12H2,(H,34,35). The maximum absolute atomic E-state index is 13.9. The maximum atomic E-state index is 13.9. The minimum absolute atomic E-state index is 0.0282. The van der Waals surface area contributed by atoms with E-state index in [-0.39, 0.29) is 29.3 Å². The van der Waals surface area contributed by atoms with Gasteiger partial charge in [-0.25, -0.2) is 0 Å². The van der Waals surface area contributed by atoms with Crippen LogP contribution in [0.4, 0.5) is 13.2 Å². The van der Waals surface area contributed by atoms with Gasteiger partial charge in [-0.15, -0.1) is 0 Å². The molecule has 0 radical (unpaired) electrons. The van der Waals surface area contributed by atoms with E-state index in [0.717, 1.165) is 11.5 Å².